The summed E-state index contributed by atoms with van der Waals surface area (Å²) in [5.41, 5.74) is 0.722. The van der Waals surface area contributed by atoms with Gasteiger partial charge in [0.25, 0.3) is 15.9 Å². The first-order valence-electron chi connectivity index (χ1n) is 10.6. The number of hydrogen-bond acceptors (Lipinski definition) is 4. The first kappa shape index (κ1) is 22.3. The SMILES string of the molecule is CN(c1ccccc1)S(=O)(=O)c1ccccc1C(=O)NCCCN1CCCCCC1. The first-order chi connectivity index (χ1) is 14.5. The maximum absolute atomic E-state index is 13.2. The molecule has 0 unspecified atom stereocenters. The Bertz CT molecular complexity index is 924. The fourth-order valence-electron chi connectivity index (χ4n) is 3.76. The van der Waals surface area contributed by atoms with Crippen LogP contribution in [0.25, 0.3) is 0 Å². The molecule has 1 fully saturated rings. The molecule has 3 rings (SSSR count). The zero-order valence-corrected chi connectivity index (χ0v) is 18.4. The number of amides is 1. The standard InChI is InChI=1S/C23H31N3O3S/c1-25(20-12-5-4-6-13-20)30(28,29)22-15-8-7-14-21(22)23(27)24-16-11-19-26-17-9-2-3-10-18-26/h4-8,12-15H,2-3,9-11,16-19H2,1H3,(H,24,27). The van der Waals surface area contributed by atoms with Crippen LogP contribution in [0.2, 0.25) is 0 Å². The Morgan fingerprint density at radius 1 is 0.967 bits per heavy atom. The van der Waals surface area contributed by atoms with Gasteiger partial charge in [-0.05, 0) is 63.2 Å². The number of sulfonamides is 1. The Kier molecular flexibility index (Phi) is 7.87. The van der Waals surface area contributed by atoms with Crippen LogP contribution in [0, 0.1) is 0 Å². The summed E-state index contributed by atoms with van der Waals surface area (Å²) in [5, 5.41) is 2.90. The van der Waals surface area contributed by atoms with E-state index in [0.29, 0.717) is 12.2 Å². The average Bonchev–Trinajstić information content (AvgIpc) is 3.05. The molecule has 1 amide bonds. The van der Waals surface area contributed by atoms with Crippen molar-refractivity contribution in [3.8, 4) is 0 Å². The maximum Gasteiger partial charge on any atom is 0.264 e. The molecule has 0 atom stereocenters. The van der Waals surface area contributed by atoms with E-state index in [1.54, 1.807) is 42.5 Å². The Balaban J connectivity index is 1.64. The zero-order chi connectivity index (χ0) is 21.4. The van der Waals surface area contributed by atoms with E-state index in [0.717, 1.165) is 26.1 Å². The highest BCUT2D eigenvalue weighted by atomic mass is 32.2. The number of benzene rings is 2. The fourth-order valence-corrected chi connectivity index (χ4v) is 5.15. The molecule has 1 N–H and O–H groups in total. The lowest BCUT2D eigenvalue weighted by Gasteiger charge is -2.21. The van der Waals surface area contributed by atoms with Gasteiger partial charge in [0.2, 0.25) is 0 Å². The topological polar surface area (TPSA) is 69.7 Å². The molecule has 2 aromatic carbocycles. The van der Waals surface area contributed by atoms with Crippen molar-refractivity contribution >= 4 is 21.6 Å². The zero-order valence-electron chi connectivity index (χ0n) is 17.6. The molecular formula is C23H31N3O3S. The molecule has 0 aromatic heterocycles. The van der Waals surface area contributed by atoms with Crippen molar-refractivity contribution in [2.45, 2.75) is 37.0 Å². The number of nitrogens with zero attached hydrogens (tertiary/aromatic N) is 2. The first-order valence-corrected chi connectivity index (χ1v) is 12.1. The van der Waals surface area contributed by atoms with Gasteiger partial charge in [0.05, 0.1) is 11.3 Å². The highest BCUT2D eigenvalue weighted by Crippen LogP contribution is 2.24. The van der Waals surface area contributed by atoms with Crippen molar-refractivity contribution in [2.24, 2.45) is 0 Å². The third kappa shape index (κ3) is 5.61. The van der Waals surface area contributed by atoms with Gasteiger partial charge in [0.15, 0.2) is 0 Å². The molecule has 6 nitrogen and oxygen atoms in total. The third-order valence-corrected chi connectivity index (χ3v) is 7.37. The quantitative estimate of drug-likeness (QED) is 0.652. The van der Waals surface area contributed by atoms with Gasteiger partial charge in [0, 0.05) is 13.6 Å². The molecule has 0 bridgehead atoms. The van der Waals surface area contributed by atoms with Crippen molar-refractivity contribution in [2.75, 3.05) is 37.5 Å². The van der Waals surface area contributed by atoms with E-state index in [9.17, 15) is 13.2 Å². The summed E-state index contributed by atoms with van der Waals surface area (Å²) >= 11 is 0. The van der Waals surface area contributed by atoms with E-state index in [4.69, 9.17) is 0 Å². The summed E-state index contributed by atoms with van der Waals surface area (Å²) in [7, 11) is -2.35. The number of carbonyl (C=O) groups is 1. The summed E-state index contributed by atoms with van der Waals surface area (Å²) in [6, 6.07) is 15.2. The molecular weight excluding hydrogens is 398 g/mol. The lowest BCUT2D eigenvalue weighted by Crippen LogP contribution is -2.32. The van der Waals surface area contributed by atoms with Crippen LogP contribution in [0.5, 0.6) is 0 Å². The molecule has 7 heteroatoms. The normalized spacial score (nSPS) is 15.4. The molecule has 1 aliphatic heterocycles. The monoisotopic (exact) mass is 429 g/mol. The molecule has 0 spiro atoms. The van der Waals surface area contributed by atoms with Gasteiger partial charge in [0.1, 0.15) is 4.90 Å². The molecule has 1 saturated heterocycles. The number of carbonyl (C=O) groups excluding carboxylic acids is 1. The van der Waals surface area contributed by atoms with Crippen LogP contribution >= 0.6 is 0 Å². The summed E-state index contributed by atoms with van der Waals surface area (Å²) < 4.78 is 27.5. The van der Waals surface area contributed by atoms with Gasteiger partial charge < -0.3 is 10.2 Å². The van der Waals surface area contributed by atoms with Crippen molar-refractivity contribution < 1.29 is 13.2 Å². The molecule has 162 valence electrons. The van der Waals surface area contributed by atoms with E-state index < -0.39 is 10.0 Å². The lowest BCUT2D eigenvalue weighted by atomic mass is 10.2. The van der Waals surface area contributed by atoms with E-state index in [1.807, 2.05) is 6.07 Å². The highest BCUT2D eigenvalue weighted by molar-refractivity contribution is 7.92. The van der Waals surface area contributed by atoms with Crippen LogP contribution in [0.3, 0.4) is 0 Å². The molecule has 1 heterocycles. The molecule has 0 radical (unpaired) electrons. The summed E-state index contributed by atoms with van der Waals surface area (Å²) in [6.45, 7) is 3.73. The Hall–Kier alpha value is -2.38. The Labute approximate surface area is 179 Å². The Morgan fingerprint density at radius 2 is 1.60 bits per heavy atom. The van der Waals surface area contributed by atoms with E-state index in [1.165, 1.54) is 43.1 Å². The molecule has 30 heavy (non-hydrogen) atoms. The number of rotatable bonds is 8. The second-order valence-corrected chi connectivity index (χ2v) is 9.61. The number of hydrogen-bond donors (Lipinski definition) is 1. The number of para-hydroxylation sites is 1. The largest absolute Gasteiger partial charge is 0.352 e. The summed E-state index contributed by atoms with van der Waals surface area (Å²) in [4.78, 5) is 15.2. The Morgan fingerprint density at radius 3 is 2.30 bits per heavy atom. The molecule has 1 aliphatic rings. The van der Waals surface area contributed by atoms with Crippen molar-refractivity contribution in [3.05, 3.63) is 60.2 Å². The smallest absolute Gasteiger partial charge is 0.264 e. The predicted molar refractivity (Wildman–Crippen MR) is 120 cm³/mol. The van der Waals surface area contributed by atoms with Crippen LogP contribution in [0.4, 0.5) is 5.69 Å². The lowest BCUT2D eigenvalue weighted by molar-refractivity contribution is 0.0948. The highest BCUT2D eigenvalue weighted by Gasteiger charge is 2.26. The second kappa shape index (κ2) is 10.6. The van der Waals surface area contributed by atoms with Crippen LogP contribution in [-0.2, 0) is 10.0 Å². The summed E-state index contributed by atoms with van der Waals surface area (Å²) in [5.74, 6) is -0.355. The minimum Gasteiger partial charge on any atom is -0.352 e. The van der Waals surface area contributed by atoms with E-state index in [2.05, 4.69) is 10.2 Å². The van der Waals surface area contributed by atoms with Gasteiger partial charge in [-0.25, -0.2) is 8.42 Å². The second-order valence-electron chi connectivity index (χ2n) is 7.67. The van der Waals surface area contributed by atoms with Gasteiger partial charge in [-0.1, -0.05) is 43.2 Å². The average molecular weight is 430 g/mol. The summed E-state index contributed by atoms with van der Waals surface area (Å²) in [6.07, 6.45) is 5.94. The van der Waals surface area contributed by atoms with Crippen LogP contribution < -0.4 is 9.62 Å². The minimum atomic E-state index is -3.86. The van der Waals surface area contributed by atoms with Crippen LogP contribution in [0.1, 0.15) is 42.5 Å². The van der Waals surface area contributed by atoms with E-state index in [-0.39, 0.29) is 16.4 Å². The maximum atomic E-state index is 13.2. The fraction of sp³-hybridized carbons (Fsp3) is 0.435. The minimum absolute atomic E-state index is 0.0152. The molecule has 2 aromatic rings. The molecule has 0 saturated carbocycles. The predicted octanol–water partition coefficient (Wildman–Crippen LogP) is 3.51. The number of nitrogens with one attached hydrogen (secondary N) is 1. The third-order valence-electron chi connectivity index (χ3n) is 5.53. The van der Waals surface area contributed by atoms with Gasteiger partial charge in [-0.15, -0.1) is 0 Å². The van der Waals surface area contributed by atoms with Crippen molar-refractivity contribution in [1.82, 2.24) is 10.2 Å². The van der Waals surface area contributed by atoms with Crippen LogP contribution in [0.15, 0.2) is 59.5 Å². The van der Waals surface area contributed by atoms with E-state index >= 15 is 0 Å². The van der Waals surface area contributed by atoms with Crippen molar-refractivity contribution in [3.63, 3.8) is 0 Å². The van der Waals surface area contributed by atoms with Crippen LogP contribution in [-0.4, -0.2) is 52.5 Å². The van der Waals surface area contributed by atoms with Gasteiger partial charge >= 0.3 is 0 Å². The van der Waals surface area contributed by atoms with Gasteiger partial charge in [-0.3, -0.25) is 9.10 Å². The number of likely N-dealkylation sites (tertiary alicyclic amines) is 1. The van der Waals surface area contributed by atoms with Gasteiger partial charge in [-0.2, -0.15) is 0 Å². The van der Waals surface area contributed by atoms with Crippen molar-refractivity contribution in [1.29, 1.82) is 0 Å². The molecule has 0 aliphatic carbocycles. The number of anilines is 1.